The van der Waals surface area contributed by atoms with Crippen molar-refractivity contribution in [3.8, 4) is 17.2 Å². The Morgan fingerprint density at radius 3 is 2.50 bits per heavy atom. The van der Waals surface area contributed by atoms with Gasteiger partial charge in [-0.1, -0.05) is 47.5 Å². The lowest BCUT2D eigenvalue weighted by Crippen LogP contribution is -2.32. The van der Waals surface area contributed by atoms with E-state index in [1.807, 2.05) is 30.3 Å². The molecule has 3 N–H and O–H groups in total. The average molecular weight is 474 g/mol. The zero-order valence-corrected chi connectivity index (χ0v) is 18.5. The van der Waals surface area contributed by atoms with Crippen LogP contribution in [0.15, 0.2) is 60.7 Å². The Morgan fingerprint density at radius 1 is 1.03 bits per heavy atom. The van der Waals surface area contributed by atoms with Gasteiger partial charge >= 0.3 is 5.97 Å². The van der Waals surface area contributed by atoms with Gasteiger partial charge in [0.05, 0.1) is 10.0 Å². The lowest BCUT2D eigenvalue weighted by atomic mass is 10.0. The van der Waals surface area contributed by atoms with Gasteiger partial charge in [-0.2, -0.15) is 0 Å². The van der Waals surface area contributed by atoms with Crippen LogP contribution in [0.25, 0.3) is 0 Å². The molecule has 1 aliphatic heterocycles. The lowest BCUT2D eigenvalue weighted by molar-refractivity contribution is -0.138. The van der Waals surface area contributed by atoms with Gasteiger partial charge in [0.2, 0.25) is 0 Å². The van der Waals surface area contributed by atoms with Crippen molar-refractivity contribution >= 4 is 29.2 Å². The van der Waals surface area contributed by atoms with Crippen LogP contribution in [0.3, 0.4) is 0 Å². The van der Waals surface area contributed by atoms with Gasteiger partial charge in [0.1, 0.15) is 25.0 Å². The van der Waals surface area contributed by atoms with Crippen LogP contribution in [0.4, 0.5) is 0 Å². The number of halogens is 2. The summed E-state index contributed by atoms with van der Waals surface area (Å²) >= 11 is 12.0. The van der Waals surface area contributed by atoms with Crippen LogP contribution < -0.4 is 19.9 Å². The van der Waals surface area contributed by atoms with E-state index < -0.39 is 12.0 Å². The number of nitrogens with two attached hydrogens (primary N) is 1. The van der Waals surface area contributed by atoms with Crippen LogP contribution in [0.1, 0.15) is 22.8 Å². The molecule has 4 rings (SSSR count). The molecular weight excluding hydrogens is 453 g/mol. The highest BCUT2D eigenvalue weighted by Crippen LogP contribution is 2.37. The summed E-state index contributed by atoms with van der Waals surface area (Å²) in [5.74, 6) is 0.868. The molecule has 0 saturated carbocycles. The Balaban J connectivity index is 1.37. The third-order valence-electron chi connectivity index (χ3n) is 5.08. The van der Waals surface area contributed by atoms with Crippen molar-refractivity contribution < 1.29 is 24.1 Å². The zero-order valence-electron chi connectivity index (χ0n) is 17.0. The minimum atomic E-state index is -1.04. The summed E-state index contributed by atoms with van der Waals surface area (Å²) in [6.07, 6.45) is -0.0437. The molecule has 0 fully saturated rings. The predicted octanol–water partition coefficient (Wildman–Crippen LogP) is 5.04. The van der Waals surface area contributed by atoms with Crippen molar-refractivity contribution in [2.24, 2.45) is 5.73 Å². The third-order valence-corrected chi connectivity index (χ3v) is 5.82. The first kappa shape index (κ1) is 22.3. The fourth-order valence-corrected chi connectivity index (χ4v) is 3.64. The number of carbonyl (C=O) groups is 1. The largest absolute Gasteiger partial charge is 0.489 e. The molecule has 0 spiro atoms. The second-order valence-corrected chi connectivity index (χ2v) is 8.27. The van der Waals surface area contributed by atoms with Crippen LogP contribution in [0.2, 0.25) is 10.0 Å². The monoisotopic (exact) mass is 473 g/mol. The summed E-state index contributed by atoms with van der Waals surface area (Å²) in [6, 6.07) is 17.4. The number of rotatable bonds is 7. The highest BCUT2D eigenvalue weighted by Gasteiger charge is 2.23. The van der Waals surface area contributed by atoms with Gasteiger partial charge in [-0.15, -0.1) is 0 Å². The molecular formula is C24H21Cl2NO5. The van der Waals surface area contributed by atoms with E-state index in [4.69, 9.17) is 48.3 Å². The first-order chi connectivity index (χ1) is 15.4. The van der Waals surface area contributed by atoms with Crippen molar-refractivity contribution in [1.82, 2.24) is 0 Å². The normalized spacial score (nSPS) is 15.8. The summed E-state index contributed by atoms with van der Waals surface area (Å²) in [5.41, 5.74) is 8.27. The molecule has 2 atom stereocenters. The number of carboxylic acid groups (broad SMARTS) is 1. The van der Waals surface area contributed by atoms with Gasteiger partial charge in [0.25, 0.3) is 0 Å². The number of ether oxygens (including phenoxy) is 3. The number of carboxylic acids is 1. The summed E-state index contributed by atoms with van der Waals surface area (Å²) < 4.78 is 17.8. The molecule has 1 heterocycles. The molecule has 166 valence electrons. The van der Waals surface area contributed by atoms with Gasteiger partial charge in [-0.3, -0.25) is 4.79 Å². The van der Waals surface area contributed by atoms with Crippen LogP contribution in [0.5, 0.6) is 17.2 Å². The molecule has 0 saturated heterocycles. The highest BCUT2D eigenvalue weighted by atomic mass is 35.5. The maximum atomic E-state index is 11.0. The molecule has 32 heavy (non-hydrogen) atoms. The molecule has 3 aromatic rings. The van der Waals surface area contributed by atoms with Crippen molar-refractivity contribution in [2.45, 2.75) is 25.2 Å². The van der Waals surface area contributed by atoms with Crippen molar-refractivity contribution in [2.75, 3.05) is 6.61 Å². The molecule has 6 nitrogen and oxygen atoms in total. The highest BCUT2D eigenvalue weighted by molar-refractivity contribution is 6.42. The van der Waals surface area contributed by atoms with E-state index in [1.54, 1.807) is 30.3 Å². The summed E-state index contributed by atoms with van der Waals surface area (Å²) in [4.78, 5) is 11.0. The van der Waals surface area contributed by atoms with Gasteiger partial charge in [0, 0.05) is 0 Å². The summed E-state index contributed by atoms with van der Waals surface area (Å²) in [5, 5.41) is 9.98. The quantitative estimate of drug-likeness (QED) is 0.499. The standard InChI is InChI=1S/C24H21Cl2NO5/c25-18-7-1-15(9-19(18)26)12-30-17-5-3-16(4-6-17)23-13-31-22-11-14(2-8-21(22)32-23)10-20(27)24(28)29/h1-9,11,20,23H,10,12-13,27H2,(H,28,29)/t20-,23-/m0/s1. The lowest BCUT2D eigenvalue weighted by Gasteiger charge is -2.27. The van der Waals surface area contributed by atoms with Gasteiger partial charge in [-0.25, -0.2) is 0 Å². The zero-order chi connectivity index (χ0) is 22.7. The Bertz CT molecular complexity index is 1120. The van der Waals surface area contributed by atoms with Gasteiger partial charge in [0.15, 0.2) is 17.6 Å². The molecule has 0 aromatic heterocycles. The van der Waals surface area contributed by atoms with E-state index in [0.717, 1.165) is 22.4 Å². The minimum absolute atomic E-state index is 0.221. The number of fused-ring (bicyclic) bond motifs is 1. The van der Waals surface area contributed by atoms with Crippen LogP contribution in [-0.2, 0) is 17.8 Å². The minimum Gasteiger partial charge on any atom is -0.489 e. The number of aliphatic carboxylic acids is 1. The van der Waals surface area contributed by atoms with E-state index in [9.17, 15) is 4.79 Å². The number of benzene rings is 3. The Labute approximate surface area is 195 Å². The fourth-order valence-electron chi connectivity index (χ4n) is 3.32. The summed E-state index contributed by atoms with van der Waals surface area (Å²) in [7, 11) is 0. The topological polar surface area (TPSA) is 91.0 Å². The SMILES string of the molecule is N[C@@H](Cc1ccc2c(c1)OC[C@@H](c1ccc(OCc3ccc(Cl)c(Cl)c3)cc1)O2)C(=O)O. The van der Waals surface area contributed by atoms with Crippen LogP contribution in [-0.4, -0.2) is 23.7 Å². The number of hydrogen-bond donors (Lipinski definition) is 2. The Hall–Kier alpha value is -2.93. The molecule has 0 unspecified atom stereocenters. The van der Waals surface area contributed by atoms with Crippen molar-refractivity contribution in [3.05, 3.63) is 87.4 Å². The van der Waals surface area contributed by atoms with Gasteiger partial charge < -0.3 is 25.1 Å². The average Bonchev–Trinajstić information content (AvgIpc) is 2.80. The van der Waals surface area contributed by atoms with Crippen molar-refractivity contribution in [3.63, 3.8) is 0 Å². The fraction of sp³-hybridized carbons (Fsp3) is 0.208. The third kappa shape index (κ3) is 5.27. The van der Waals surface area contributed by atoms with Crippen LogP contribution in [0, 0.1) is 0 Å². The maximum absolute atomic E-state index is 11.0. The summed E-state index contributed by atoms with van der Waals surface area (Å²) in [6.45, 7) is 0.714. The maximum Gasteiger partial charge on any atom is 0.320 e. The first-order valence-corrected chi connectivity index (χ1v) is 10.7. The number of hydrogen-bond acceptors (Lipinski definition) is 5. The smallest absolute Gasteiger partial charge is 0.320 e. The van der Waals surface area contributed by atoms with Crippen molar-refractivity contribution in [1.29, 1.82) is 0 Å². The first-order valence-electron chi connectivity index (χ1n) is 9.96. The molecule has 0 aliphatic carbocycles. The Morgan fingerprint density at radius 2 is 1.78 bits per heavy atom. The molecule has 1 aliphatic rings. The molecule has 0 bridgehead atoms. The van der Waals surface area contributed by atoms with E-state index in [1.165, 1.54) is 0 Å². The Kier molecular flexibility index (Phi) is 6.74. The molecule has 0 radical (unpaired) electrons. The van der Waals surface area contributed by atoms with E-state index >= 15 is 0 Å². The molecule has 8 heteroatoms. The van der Waals surface area contributed by atoms with E-state index in [0.29, 0.717) is 34.8 Å². The van der Waals surface area contributed by atoms with Gasteiger partial charge in [-0.05, 0) is 59.5 Å². The van der Waals surface area contributed by atoms with E-state index in [2.05, 4.69) is 0 Å². The van der Waals surface area contributed by atoms with Crippen LogP contribution >= 0.6 is 23.2 Å². The second kappa shape index (κ2) is 9.69. The predicted molar refractivity (Wildman–Crippen MR) is 122 cm³/mol. The molecule has 3 aromatic carbocycles. The second-order valence-electron chi connectivity index (χ2n) is 7.45. The van der Waals surface area contributed by atoms with E-state index in [-0.39, 0.29) is 12.5 Å². The molecule has 0 amide bonds.